The molecule has 0 aliphatic rings. The lowest BCUT2D eigenvalue weighted by Crippen LogP contribution is -2.23. The number of rotatable bonds is 16. The second-order valence-electron chi connectivity index (χ2n) is 9.74. The van der Waals surface area contributed by atoms with Gasteiger partial charge in [0.2, 0.25) is 5.75 Å². The Labute approximate surface area is 205 Å². The molecule has 0 unspecified atom stereocenters. The molecule has 5 heteroatoms. The second kappa shape index (κ2) is 14.7. The van der Waals surface area contributed by atoms with E-state index < -0.39 is 11.2 Å². The summed E-state index contributed by atoms with van der Waals surface area (Å²) in [4.78, 5) is 12.9. The molecule has 2 aromatic rings. The Bertz CT molecular complexity index is 936. The van der Waals surface area contributed by atoms with Gasteiger partial charge >= 0.3 is 5.63 Å². The predicted molar refractivity (Wildman–Crippen MR) is 141 cm³/mol. The van der Waals surface area contributed by atoms with E-state index in [2.05, 4.69) is 26.0 Å². The molecule has 0 saturated heterocycles. The molecular weight excluding hydrogens is 428 g/mol. The first kappa shape index (κ1) is 27.8. The van der Waals surface area contributed by atoms with E-state index in [0.29, 0.717) is 35.7 Å². The zero-order chi connectivity index (χ0) is 24.8. The molecule has 34 heavy (non-hydrogen) atoms. The first-order valence-electron chi connectivity index (χ1n) is 13.1. The van der Waals surface area contributed by atoms with Crippen molar-refractivity contribution in [2.24, 2.45) is 0 Å². The van der Waals surface area contributed by atoms with Crippen molar-refractivity contribution < 1.29 is 18.6 Å². The maximum Gasteiger partial charge on any atom is 0.383 e. The summed E-state index contributed by atoms with van der Waals surface area (Å²) in [5, 5.41) is 0.694. The smallest absolute Gasteiger partial charge is 0.383 e. The Balaban J connectivity index is 2.17. The van der Waals surface area contributed by atoms with Crippen molar-refractivity contribution in [3.8, 4) is 17.2 Å². The highest BCUT2D eigenvalue weighted by atomic mass is 16.5. The Morgan fingerprint density at radius 2 is 1.53 bits per heavy atom. The predicted octanol–water partition coefficient (Wildman–Crippen LogP) is 8.22. The van der Waals surface area contributed by atoms with Gasteiger partial charge in [-0.15, -0.1) is 0 Å². The molecule has 0 atom stereocenters. The monoisotopic (exact) mass is 472 g/mol. The molecule has 0 amide bonds. The summed E-state index contributed by atoms with van der Waals surface area (Å²) in [5.41, 5.74) is -0.569. The maximum atomic E-state index is 12.9. The summed E-state index contributed by atoms with van der Waals surface area (Å²) in [6.45, 7) is 11.1. The lowest BCUT2D eigenvalue weighted by atomic mass is 10.1. The number of ether oxygens (including phenoxy) is 3. The van der Waals surface area contributed by atoms with Crippen LogP contribution < -0.4 is 19.8 Å². The van der Waals surface area contributed by atoms with E-state index >= 15 is 0 Å². The van der Waals surface area contributed by atoms with Gasteiger partial charge in [0.15, 0.2) is 17.1 Å². The van der Waals surface area contributed by atoms with E-state index in [4.69, 9.17) is 18.6 Å². The largest absolute Gasteiger partial charge is 0.489 e. The summed E-state index contributed by atoms with van der Waals surface area (Å²) >= 11 is 0. The van der Waals surface area contributed by atoms with E-state index in [1.807, 2.05) is 39.0 Å². The molecule has 190 valence electrons. The van der Waals surface area contributed by atoms with Gasteiger partial charge in [0.1, 0.15) is 5.60 Å². The van der Waals surface area contributed by atoms with Gasteiger partial charge in [-0.05, 0) is 52.2 Å². The molecule has 0 bridgehead atoms. The minimum Gasteiger partial charge on any atom is -0.489 e. The Morgan fingerprint density at radius 3 is 2.21 bits per heavy atom. The molecular formula is C29H44O5. The van der Waals surface area contributed by atoms with E-state index in [0.717, 1.165) is 25.7 Å². The first-order valence-corrected chi connectivity index (χ1v) is 13.1. The van der Waals surface area contributed by atoms with Crippen LogP contribution in [-0.4, -0.2) is 18.8 Å². The highest BCUT2D eigenvalue weighted by Crippen LogP contribution is 2.38. The minimum atomic E-state index is -0.539. The molecule has 0 radical (unpaired) electrons. The number of hydrogen-bond donors (Lipinski definition) is 0. The molecule has 5 nitrogen and oxygen atoms in total. The summed E-state index contributed by atoms with van der Waals surface area (Å²) in [6.07, 6.45) is 15.6. The molecule has 0 fully saturated rings. The van der Waals surface area contributed by atoms with Gasteiger partial charge < -0.3 is 18.6 Å². The van der Waals surface area contributed by atoms with Crippen molar-refractivity contribution in [1.29, 1.82) is 0 Å². The van der Waals surface area contributed by atoms with Gasteiger partial charge in [-0.3, -0.25) is 0 Å². The van der Waals surface area contributed by atoms with E-state index in [1.54, 1.807) is 0 Å². The third kappa shape index (κ3) is 9.44. The van der Waals surface area contributed by atoms with Crippen LogP contribution in [0.25, 0.3) is 11.0 Å². The highest BCUT2D eigenvalue weighted by Gasteiger charge is 2.22. The standard InChI is InChI=1S/C29H44O5/c1-6-8-10-12-13-14-15-17-21-31-26-23-19-18-20-24(34-29(3,4)5)25(23)33-28(30)27(26)32-22-16-11-9-7-2/h9,11,18-20H,6-8,10,12-17,21-22H2,1-5H3/b11-9+. The van der Waals surface area contributed by atoms with Crippen LogP contribution in [0.4, 0.5) is 0 Å². The van der Waals surface area contributed by atoms with E-state index in [1.165, 1.54) is 38.5 Å². The summed E-state index contributed by atoms with van der Waals surface area (Å²) in [7, 11) is 0. The summed E-state index contributed by atoms with van der Waals surface area (Å²) in [6, 6.07) is 5.59. The number of allylic oxidation sites excluding steroid dienone is 1. The third-order valence-electron chi connectivity index (χ3n) is 5.40. The highest BCUT2D eigenvalue weighted by molar-refractivity contribution is 5.89. The third-order valence-corrected chi connectivity index (χ3v) is 5.40. The van der Waals surface area contributed by atoms with Crippen LogP contribution in [0.2, 0.25) is 0 Å². The molecule has 0 aliphatic heterocycles. The molecule has 0 N–H and O–H groups in total. The van der Waals surface area contributed by atoms with Crippen molar-refractivity contribution >= 4 is 11.0 Å². The average molecular weight is 473 g/mol. The fraction of sp³-hybridized carbons (Fsp3) is 0.621. The number of hydrogen-bond acceptors (Lipinski definition) is 5. The Kier molecular flexibility index (Phi) is 12.1. The van der Waals surface area contributed by atoms with Crippen molar-refractivity contribution in [2.45, 2.75) is 104 Å². The van der Waals surface area contributed by atoms with Gasteiger partial charge in [-0.2, -0.15) is 0 Å². The maximum absolute atomic E-state index is 12.9. The SMILES string of the molecule is CC/C=C/CCOc1c(OCCCCCCCCCC)c2cccc(OC(C)(C)C)c2oc1=O. The lowest BCUT2D eigenvalue weighted by molar-refractivity contribution is 0.131. The topological polar surface area (TPSA) is 57.9 Å². The molecule has 2 rings (SSSR count). The van der Waals surface area contributed by atoms with Gasteiger partial charge in [0, 0.05) is 0 Å². The second-order valence-corrected chi connectivity index (χ2v) is 9.74. The average Bonchev–Trinajstić information content (AvgIpc) is 2.78. The zero-order valence-corrected chi connectivity index (χ0v) is 21.9. The van der Waals surface area contributed by atoms with E-state index in [9.17, 15) is 4.79 Å². The van der Waals surface area contributed by atoms with Crippen LogP contribution in [0.1, 0.15) is 98.8 Å². The Hall–Kier alpha value is -2.43. The molecule has 0 spiro atoms. The summed E-state index contributed by atoms with van der Waals surface area (Å²) in [5.74, 6) is 1.12. The molecule has 1 heterocycles. The van der Waals surface area contributed by atoms with Crippen molar-refractivity contribution in [2.75, 3.05) is 13.2 Å². The van der Waals surface area contributed by atoms with Crippen LogP contribution in [-0.2, 0) is 0 Å². The van der Waals surface area contributed by atoms with Crippen LogP contribution in [0.3, 0.4) is 0 Å². The number of para-hydroxylation sites is 1. The molecule has 0 aliphatic carbocycles. The quantitative estimate of drug-likeness (QED) is 0.140. The number of unbranched alkanes of at least 4 members (excludes halogenated alkanes) is 7. The molecule has 1 aromatic carbocycles. The van der Waals surface area contributed by atoms with Gasteiger partial charge in [-0.1, -0.05) is 77.0 Å². The number of benzene rings is 1. The van der Waals surface area contributed by atoms with Crippen LogP contribution in [0, 0.1) is 0 Å². The fourth-order valence-electron chi connectivity index (χ4n) is 3.76. The Morgan fingerprint density at radius 1 is 0.853 bits per heavy atom. The normalized spacial score (nSPS) is 11.9. The molecule has 0 saturated carbocycles. The van der Waals surface area contributed by atoms with Crippen LogP contribution in [0.15, 0.2) is 39.6 Å². The van der Waals surface area contributed by atoms with E-state index in [-0.39, 0.29) is 5.75 Å². The van der Waals surface area contributed by atoms with Gasteiger partial charge in [0.05, 0.1) is 18.6 Å². The van der Waals surface area contributed by atoms with Gasteiger partial charge in [-0.25, -0.2) is 4.79 Å². The lowest BCUT2D eigenvalue weighted by Gasteiger charge is -2.22. The minimum absolute atomic E-state index is 0.143. The number of fused-ring (bicyclic) bond motifs is 1. The molecule has 1 aromatic heterocycles. The van der Waals surface area contributed by atoms with Gasteiger partial charge in [0.25, 0.3) is 0 Å². The van der Waals surface area contributed by atoms with Crippen molar-refractivity contribution in [3.63, 3.8) is 0 Å². The summed E-state index contributed by atoms with van der Waals surface area (Å²) < 4.78 is 23.8. The zero-order valence-electron chi connectivity index (χ0n) is 21.9. The van der Waals surface area contributed by atoms with Crippen molar-refractivity contribution in [1.82, 2.24) is 0 Å². The van der Waals surface area contributed by atoms with Crippen molar-refractivity contribution in [3.05, 3.63) is 40.8 Å². The fourth-order valence-corrected chi connectivity index (χ4v) is 3.76. The van der Waals surface area contributed by atoms with Crippen LogP contribution >= 0.6 is 0 Å². The first-order chi connectivity index (χ1) is 16.4. The van der Waals surface area contributed by atoms with Crippen LogP contribution in [0.5, 0.6) is 17.2 Å².